The molecule has 0 aliphatic heterocycles. The monoisotopic (exact) mass is 196 g/mol. The summed E-state index contributed by atoms with van der Waals surface area (Å²) >= 11 is 0. The quantitative estimate of drug-likeness (QED) is 0.786. The van der Waals surface area contributed by atoms with Crippen molar-refractivity contribution in [3.05, 3.63) is 60.2 Å². The second kappa shape index (κ2) is 3.96. The molecule has 0 spiro atoms. The topological polar surface area (TPSA) is 43.1 Å². The van der Waals surface area contributed by atoms with Crippen molar-refractivity contribution in [1.82, 2.24) is 0 Å². The van der Waals surface area contributed by atoms with Crippen LogP contribution in [0, 0.1) is 6.07 Å². The summed E-state index contributed by atoms with van der Waals surface area (Å²) in [5, 5.41) is 0. The van der Waals surface area contributed by atoms with Crippen molar-refractivity contribution in [2.75, 3.05) is 0 Å². The minimum absolute atomic E-state index is 0.404. The molecule has 1 amide bonds. The molecule has 0 aliphatic carbocycles. The Labute approximate surface area is 88.4 Å². The number of carbonyl (C=O) groups excluding carboxylic acids is 1. The molecule has 73 valence electrons. The van der Waals surface area contributed by atoms with E-state index in [2.05, 4.69) is 6.07 Å². The first-order chi connectivity index (χ1) is 7.29. The first-order valence-corrected chi connectivity index (χ1v) is 4.64. The summed E-state index contributed by atoms with van der Waals surface area (Å²) in [6.45, 7) is 0. The van der Waals surface area contributed by atoms with Gasteiger partial charge >= 0.3 is 0 Å². The van der Waals surface area contributed by atoms with Gasteiger partial charge in [0.05, 0.1) is 0 Å². The number of carbonyl (C=O) groups is 1. The summed E-state index contributed by atoms with van der Waals surface area (Å²) in [7, 11) is 0. The van der Waals surface area contributed by atoms with Crippen LogP contribution in [0.4, 0.5) is 0 Å². The van der Waals surface area contributed by atoms with Gasteiger partial charge in [-0.3, -0.25) is 4.79 Å². The Hall–Kier alpha value is -2.09. The molecule has 2 N–H and O–H groups in total. The van der Waals surface area contributed by atoms with Crippen molar-refractivity contribution < 1.29 is 4.79 Å². The summed E-state index contributed by atoms with van der Waals surface area (Å²) in [5.74, 6) is -0.404. The number of benzene rings is 2. The van der Waals surface area contributed by atoms with Gasteiger partial charge in [-0.2, -0.15) is 0 Å². The zero-order valence-corrected chi connectivity index (χ0v) is 8.10. The van der Waals surface area contributed by atoms with Crippen LogP contribution in [0.15, 0.2) is 48.5 Å². The molecule has 2 rings (SSSR count). The fourth-order valence-electron chi connectivity index (χ4n) is 1.52. The lowest BCUT2D eigenvalue weighted by atomic mass is 9.99. The standard InChI is InChI=1S/C13H10NO/c14-13(15)12-9-5-4-8-11(12)10-6-2-1-3-7-10/h2-9H,(H2,14,15). The molecule has 0 saturated carbocycles. The number of nitrogens with two attached hydrogens (primary N) is 1. The van der Waals surface area contributed by atoms with Crippen molar-refractivity contribution in [3.8, 4) is 11.1 Å². The van der Waals surface area contributed by atoms with Crippen LogP contribution < -0.4 is 5.73 Å². The molecule has 0 heterocycles. The maximum atomic E-state index is 11.2. The van der Waals surface area contributed by atoms with Gasteiger partial charge in [-0.05, 0) is 23.3 Å². The third-order valence-corrected chi connectivity index (χ3v) is 2.22. The number of amides is 1. The lowest BCUT2D eigenvalue weighted by molar-refractivity contribution is 0.100. The van der Waals surface area contributed by atoms with E-state index in [-0.39, 0.29) is 0 Å². The van der Waals surface area contributed by atoms with Crippen molar-refractivity contribution in [1.29, 1.82) is 0 Å². The fourth-order valence-corrected chi connectivity index (χ4v) is 1.52. The average molecular weight is 196 g/mol. The maximum Gasteiger partial charge on any atom is 0.249 e. The van der Waals surface area contributed by atoms with Crippen molar-refractivity contribution >= 4 is 5.91 Å². The number of primary amides is 1. The number of hydrogen-bond donors (Lipinski definition) is 1. The van der Waals surface area contributed by atoms with Crippen LogP contribution in [-0.4, -0.2) is 5.91 Å². The highest BCUT2D eigenvalue weighted by atomic mass is 16.1. The minimum atomic E-state index is -0.404. The van der Waals surface area contributed by atoms with Crippen LogP contribution in [0.5, 0.6) is 0 Å². The lowest BCUT2D eigenvalue weighted by Crippen LogP contribution is -2.12. The zero-order chi connectivity index (χ0) is 10.7. The Morgan fingerprint density at radius 2 is 1.73 bits per heavy atom. The number of hydrogen-bond acceptors (Lipinski definition) is 1. The molecule has 0 aliphatic rings. The highest BCUT2D eigenvalue weighted by Crippen LogP contribution is 2.22. The van der Waals surface area contributed by atoms with E-state index in [0.717, 1.165) is 11.1 Å². The Morgan fingerprint density at radius 1 is 1.07 bits per heavy atom. The first-order valence-electron chi connectivity index (χ1n) is 4.64. The van der Waals surface area contributed by atoms with E-state index >= 15 is 0 Å². The van der Waals surface area contributed by atoms with E-state index in [1.165, 1.54) is 0 Å². The van der Waals surface area contributed by atoms with Crippen LogP contribution in [0.3, 0.4) is 0 Å². The van der Waals surface area contributed by atoms with Gasteiger partial charge < -0.3 is 5.73 Å². The summed E-state index contributed by atoms with van der Waals surface area (Å²) in [4.78, 5) is 11.2. The molecule has 0 unspecified atom stereocenters. The SMILES string of the molecule is NC(=O)c1ccccc1-c1cc[c]cc1. The van der Waals surface area contributed by atoms with Gasteiger partial charge in [0, 0.05) is 5.56 Å². The van der Waals surface area contributed by atoms with Crippen molar-refractivity contribution in [2.45, 2.75) is 0 Å². The Kier molecular flexibility index (Phi) is 2.50. The molecule has 15 heavy (non-hydrogen) atoms. The van der Waals surface area contributed by atoms with Crippen LogP contribution in [0.1, 0.15) is 10.4 Å². The molecule has 0 atom stereocenters. The summed E-state index contributed by atoms with van der Waals surface area (Å²) in [6.07, 6.45) is 0. The van der Waals surface area contributed by atoms with Crippen molar-refractivity contribution in [2.24, 2.45) is 5.73 Å². The van der Waals surface area contributed by atoms with Gasteiger partial charge in [-0.25, -0.2) is 0 Å². The normalized spacial score (nSPS) is 9.87. The third-order valence-electron chi connectivity index (χ3n) is 2.22. The second-order valence-corrected chi connectivity index (χ2v) is 3.20. The Morgan fingerprint density at radius 3 is 2.40 bits per heavy atom. The largest absolute Gasteiger partial charge is 0.366 e. The Balaban J connectivity index is 2.58. The number of rotatable bonds is 2. The zero-order valence-electron chi connectivity index (χ0n) is 8.10. The maximum absolute atomic E-state index is 11.2. The van der Waals surface area contributed by atoms with E-state index in [1.807, 2.05) is 36.4 Å². The van der Waals surface area contributed by atoms with E-state index in [4.69, 9.17) is 5.73 Å². The minimum Gasteiger partial charge on any atom is -0.366 e. The van der Waals surface area contributed by atoms with Crippen molar-refractivity contribution in [3.63, 3.8) is 0 Å². The lowest BCUT2D eigenvalue weighted by Gasteiger charge is -2.05. The highest BCUT2D eigenvalue weighted by Gasteiger charge is 2.07. The predicted octanol–water partition coefficient (Wildman–Crippen LogP) is 2.25. The molecule has 1 radical (unpaired) electrons. The summed E-state index contributed by atoms with van der Waals surface area (Å²) in [5.41, 5.74) is 7.69. The third kappa shape index (κ3) is 1.89. The van der Waals surface area contributed by atoms with E-state index < -0.39 is 5.91 Å². The van der Waals surface area contributed by atoms with E-state index in [0.29, 0.717) is 5.56 Å². The van der Waals surface area contributed by atoms with Gasteiger partial charge in [-0.15, -0.1) is 0 Å². The molecule has 0 saturated heterocycles. The summed E-state index contributed by atoms with van der Waals surface area (Å²) in [6, 6.07) is 17.7. The average Bonchev–Trinajstić information content (AvgIpc) is 2.30. The second-order valence-electron chi connectivity index (χ2n) is 3.20. The Bertz CT molecular complexity index is 477. The van der Waals surface area contributed by atoms with E-state index in [1.54, 1.807) is 12.1 Å². The van der Waals surface area contributed by atoms with Gasteiger partial charge in [0.15, 0.2) is 0 Å². The van der Waals surface area contributed by atoms with Crippen LogP contribution in [0.2, 0.25) is 0 Å². The fraction of sp³-hybridized carbons (Fsp3) is 0. The molecule has 2 aromatic carbocycles. The van der Waals surface area contributed by atoms with Gasteiger partial charge in [0.25, 0.3) is 0 Å². The smallest absolute Gasteiger partial charge is 0.249 e. The van der Waals surface area contributed by atoms with Crippen LogP contribution in [-0.2, 0) is 0 Å². The molecular formula is C13H10NO. The molecular weight excluding hydrogens is 186 g/mol. The van der Waals surface area contributed by atoms with E-state index in [9.17, 15) is 4.79 Å². The first kappa shape index (κ1) is 9.46. The van der Waals surface area contributed by atoms with Crippen LogP contribution in [0.25, 0.3) is 11.1 Å². The molecule has 2 heteroatoms. The molecule has 0 fully saturated rings. The molecule has 2 aromatic rings. The van der Waals surface area contributed by atoms with Gasteiger partial charge in [-0.1, -0.05) is 42.5 Å². The van der Waals surface area contributed by atoms with Gasteiger partial charge in [0.2, 0.25) is 5.91 Å². The molecule has 0 aromatic heterocycles. The predicted molar refractivity (Wildman–Crippen MR) is 59.2 cm³/mol. The molecule has 2 nitrogen and oxygen atoms in total. The highest BCUT2D eigenvalue weighted by molar-refractivity contribution is 5.99. The van der Waals surface area contributed by atoms with Crippen LogP contribution >= 0.6 is 0 Å². The van der Waals surface area contributed by atoms with Gasteiger partial charge in [0.1, 0.15) is 0 Å². The molecule has 0 bridgehead atoms. The summed E-state index contributed by atoms with van der Waals surface area (Å²) < 4.78 is 0.